The summed E-state index contributed by atoms with van der Waals surface area (Å²) in [6.45, 7) is 8.11. The first kappa shape index (κ1) is 12.1. The Kier molecular flexibility index (Phi) is 2.68. The quantitative estimate of drug-likeness (QED) is 0.750. The number of rotatable bonds is 3. The predicted molar refractivity (Wildman–Crippen MR) is 62.3 cm³/mol. The van der Waals surface area contributed by atoms with E-state index in [-0.39, 0.29) is 17.6 Å². The highest BCUT2D eigenvalue weighted by Crippen LogP contribution is 2.55. The van der Waals surface area contributed by atoms with Crippen LogP contribution in [0.1, 0.15) is 20.3 Å². The van der Waals surface area contributed by atoms with Crippen LogP contribution in [0.2, 0.25) is 0 Å². The molecule has 4 nitrogen and oxygen atoms in total. The Morgan fingerprint density at radius 2 is 2.12 bits per heavy atom. The molecule has 1 saturated heterocycles. The van der Waals surface area contributed by atoms with Gasteiger partial charge in [-0.05, 0) is 6.42 Å². The lowest BCUT2D eigenvalue weighted by Gasteiger charge is -2.56. The van der Waals surface area contributed by atoms with Crippen LogP contribution in [0.5, 0.6) is 0 Å². The highest BCUT2D eigenvalue weighted by atomic mass is 32.2. The largest absolute Gasteiger partial charge is 0.380 e. The Balaban J connectivity index is 2.28. The van der Waals surface area contributed by atoms with Crippen molar-refractivity contribution in [1.82, 2.24) is 4.31 Å². The van der Waals surface area contributed by atoms with Gasteiger partial charge in [0.1, 0.15) is 0 Å². The summed E-state index contributed by atoms with van der Waals surface area (Å²) in [5, 5.41) is 1.05. The summed E-state index contributed by atoms with van der Waals surface area (Å²) in [5.41, 5.74) is -0.105. The Hall–Kier alpha value is -0.390. The standard InChI is InChI=1S/C11H19NO3S/c1-5-16(13,14)12-7-6-8-9(12)11(2,3)10(8)15-4/h5,8-10H,1,6-7H2,2-4H3/t8-,9+,10?/m1/s1. The highest BCUT2D eigenvalue weighted by Gasteiger charge is 2.63. The molecule has 2 aliphatic rings. The number of nitrogens with zero attached hydrogens (tertiary/aromatic N) is 1. The van der Waals surface area contributed by atoms with E-state index in [0.29, 0.717) is 12.5 Å². The van der Waals surface area contributed by atoms with Crippen molar-refractivity contribution in [3.8, 4) is 0 Å². The number of hydrogen-bond donors (Lipinski definition) is 0. The Morgan fingerprint density at radius 3 is 2.62 bits per heavy atom. The molecule has 2 rings (SSSR count). The van der Waals surface area contributed by atoms with E-state index in [4.69, 9.17) is 4.74 Å². The van der Waals surface area contributed by atoms with Gasteiger partial charge in [0.2, 0.25) is 10.0 Å². The summed E-state index contributed by atoms with van der Waals surface area (Å²) in [5.74, 6) is 0.342. The second-order valence-corrected chi connectivity index (χ2v) is 7.03. The van der Waals surface area contributed by atoms with Crippen molar-refractivity contribution in [2.75, 3.05) is 13.7 Å². The van der Waals surface area contributed by atoms with Gasteiger partial charge < -0.3 is 4.74 Å². The minimum Gasteiger partial charge on any atom is -0.380 e. The topological polar surface area (TPSA) is 46.6 Å². The fourth-order valence-corrected chi connectivity index (χ4v) is 4.78. The summed E-state index contributed by atoms with van der Waals surface area (Å²) < 4.78 is 30.7. The molecule has 0 bridgehead atoms. The maximum absolute atomic E-state index is 11.8. The average Bonchev–Trinajstić information content (AvgIpc) is 2.61. The SMILES string of the molecule is C=CS(=O)(=O)N1CC[C@H]2C(OC)C(C)(C)[C@H]21. The second-order valence-electron chi connectivity index (χ2n) is 5.20. The number of ether oxygens (including phenoxy) is 1. The number of methoxy groups -OCH3 is 1. The molecule has 1 heterocycles. The van der Waals surface area contributed by atoms with E-state index < -0.39 is 10.0 Å². The van der Waals surface area contributed by atoms with E-state index >= 15 is 0 Å². The van der Waals surface area contributed by atoms with Crippen LogP contribution in [-0.4, -0.2) is 38.5 Å². The molecular formula is C11H19NO3S. The molecule has 16 heavy (non-hydrogen) atoms. The number of fused-ring (bicyclic) bond motifs is 1. The summed E-state index contributed by atoms with van der Waals surface area (Å²) in [4.78, 5) is 0. The van der Waals surface area contributed by atoms with Crippen LogP contribution in [0.4, 0.5) is 0 Å². The second kappa shape index (κ2) is 3.55. The van der Waals surface area contributed by atoms with Gasteiger partial charge in [-0.25, -0.2) is 8.42 Å². The molecule has 0 radical (unpaired) electrons. The molecule has 1 aliphatic carbocycles. The van der Waals surface area contributed by atoms with Crippen molar-refractivity contribution in [1.29, 1.82) is 0 Å². The summed E-state index contributed by atoms with van der Waals surface area (Å²) in [6.07, 6.45) is 1.06. The van der Waals surface area contributed by atoms with Gasteiger partial charge in [-0.2, -0.15) is 4.31 Å². The molecule has 92 valence electrons. The molecule has 0 N–H and O–H groups in total. The lowest BCUT2D eigenvalue weighted by Crippen LogP contribution is -2.65. The van der Waals surface area contributed by atoms with Crippen molar-refractivity contribution in [2.24, 2.45) is 11.3 Å². The lowest BCUT2D eigenvalue weighted by molar-refractivity contribution is -0.148. The maximum atomic E-state index is 11.8. The first-order valence-electron chi connectivity index (χ1n) is 5.53. The molecule has 1 aliphatic heterocycles. The predicted octanol–water partition coefficient (Wildman–Crippen LogP) is 1.20. The van der Waals surface area contributed by atoms with Gasteiger partial charge in [0, 0.05) is 36.4 Å². The van der Waals surface area contributed by atoms with Crippen LogP contribution in [0, 0.1) is 11.3 Å². The zero-order chi connectivity index (χ0) is 12.1. The lowest BCUT2D eigenvalue weighted by atomic mass is 9.58. The molecule has 1 unspecified atom stereocenters. The molecular weight excluding hydrogens is 226 g/mol. The van der Waals surface area contributed by atoms with Crippen molar-refractivity contribution in [2.45, 2.75) is 32.4 Å². The van der Waals surface area contributed by atoms with E-state index in [1.54, 1.807) is 11.4 Å². The van der Waals surface area contributed by atoms with Gasteiger partial charge in [0.05, 0.1) is 6.10 Å². The van der Waals surface area contributed by atoms with E-state index in [1.807, 2.05) is 0 Å². The van der Waals surface area contributed by atoms with Crippen LogP contribution < -0.4 is 0 Å². The third-order valence-corrected chi connectivity index (χ3v) is 5.56. The maximum Gasteiger partial charge on any atom is 0.235 e. The molecule has 2 fully saturated rings. The van der Waals surface area contributed by atoms with Crippen LogP contribution in [0.15, 0.2) is 12.0 Å². The normalized spacial score (nSPS) is 37.8. The molecule has 5 heteroatoms. The zero-order valence-corrected chi connectivity index (χ0v) is 10.8. The van der Waals surface area contributed by atoms with Crippen molar-refractivity contribution >= 4 is 10.0 Å². The molecule has 1 saturated carbocycles. The summed E-state index contributed by atoms with van der Waals surface area (Å²) in [7, 11) is -1.59. The molecule has 3 atom stereocenters. The molecule has 0 aromatic rings. The van der Waals surface area contributed by atoms with Crippen LogP contribution in [0.25, 0.3) is 0 Å². The monoisotopic (exact) mass is 245 g/mol. The van der Waals surface area contributed by atoms with Crippen molar-refractivity contribution < 1.29 is 13.2 Å². The van der Waals surface area contributed by atoms with Crippen molar-refractivity contribution in [3.05, 3.63) is 12.0 Å². The summed E-state index contributed by atoms with van der Waals surface area (Å²) >= 11 is 0. The van der Waals surface area contributed by atoms with Crippen molar-refractivity contribution in [3.63, 3.8) is 0 Å². The number of hydrogen-bond acceptors (Lipinski definition) is 3. The van der Waals surface area contributed by atoms with Crippen LogP contribution >= 0.6 is 0 Å². The zero-order valence-electron chi connectivity index (χ0n) is 10.0. The average molecular weight is 245 g/mol. The fourth-order valence-electron chi connectivity index (χ4n) is 3.49. The first-order chi connectivity index (χ1) is 7.36. The smallest absolute Gasteiger partial charge is 0.235 e. The van der Waals surface area contributed by atoms with Gasteiger partial charge in [0.25, 0.3) is 0 Å². The summed E-state index contributed by atoms with van der Waals surface area (Å²) in [6, 6.07) is 0.0699. The van der Waals surface area contributed by atoms with Crippen LogP contribution in [-0.2, 0) is 14.8 Å². The first-order valence-corrected chi connectivity index (χ1v) is 7.03. The minimum absolute atomic E-state index is 0.0699. The van der Waals surface area contributed by atoms with Gasteiger partial charge >= 0.3 is 0 Å². The fraction of sp³-hybridized carbons (Fsp3) is 0.818. The van der Waals surface area contributed by atoms with Gasteiger partial charge in [0.15, 0.2) is 0 Å². The number of sulfonamides is 1. The van der Waals surface area contributed by atoms with Crippen LogP contribution in [0.3, 0.4) is 0 Å². The minimum atomic E-state index is -3.29. The Bertz CT molecular complexity index is 401. The third kappa shape index (κ3) is 1.38. The molecule has 0 aromatic heterocycles. The van der Waals surface area contributed by atoms with E-state index in [9.17, 15) is 8.42 Å². The van der Waals surface area contributed by atoms with Gasteiger partial charge in [-0.3, -0.25) is 0 Å². The Labute approximate surface area is 97.3 Å². The van der Waals surface area contributed by atoms with E-state index in [0.717, 1.165) is 11.8 Å². The highest BCUT2D eigenvalue weighted by molar-refractivity contribution is 7.92. The Morgan fingerprint density at radius 1 is 1.50 bits per heavy atom. The van der Waals surface area contributed by atoms with Gasteiger partial charge in [-0.1, -0.05) is 20.4 Å². The van der Waals surface area contributed by atoms with E-state index in [2.05, 4.69) is 20.4 Å². The molecule has 0 aromatic carbocycles. The van der Waals surface area contributed by atoms with Gasteiger partial charge in [-0.15, -0.1) is 0 Å². The molecule has 0 amide bonds. The third-order valence-electron chi connectivity index (χ3n) is 4.07. The molecule has 0 spiro atoms. The van der Waals surface area contributed by atoms with E-state index in [1.165, 1.54) is 0 Å².